The third-order valence-corrected chi connectivity index (χ3v) is 5.49. The number of aromatic nitrogens is 2. The average Bonchev–Trinajstić information content (AvgIpc) is 3.08. The Balaban J connectivity index is 1.76. The molecule has 0 aliphatic carbocycles. The van der Waals surface area contributed by atoms with Crippen molar-refractivity contribution in [1.29, 1.82) is 0 Å². The van der Waals surface area contributed by atoms with Crippen molar-refractivity contribution in [3.8, 4) is 0 Å². The van der Waals surface area contributed by atoms with Crippen LogP contribution in [0.3, 0.4) is 0 Å². The predicted molar refractivity (Wildman–Crippen MR) is 120 cm³/mol. The number of amides is 1. The Hall–Kier alpha value is -2.88. The molecule has 1 unspecified atom stereocenters. The number of para-hydroxylation sites is 2. The van der Waals surface area contributed by atoms with Crippen LogP contribution in [0.4, 0.5) is 0 Å². The van der Waals surface area contributed by atoms with E-state index in [4.69, 9.17) is 4.98 Å². The van der Waals surface area contributed by atoms with Crippen molar-refractivity contribution < 1.29 is 4.79 Å². The van der Waals surface area contributed by atoms with Crippen molar-refractivity contribution in [2.75, 3.05) is 6.54 Å². The summed E-state index contributed by atoms with van der Waals surface area (Å²) >= 11 is 0. The monoisotopic (exact) mass is 389 g/mol. The molecular weight excluding hydrogens is 358 g/mol. The van der Waals surface area contributed by atoms with E-state index in [0.29, 0.717) is 18.0 Å². The Bertz CT molecular complexity index is 985. The second kappa shape index (κ2) is 9.55. The van der Waals surface area contributed by atoms with Crippen LogP contribution in [0.1, 0.15) is 56.5 Å². The second-order valence-electron chi connectivity index (χ2n) is 7.79. The lowest BCUT2D eigenvalue weighted by molar-refractivity contribution is -0.117. The fraction of sp³-hybridized carbons (Fsp3) is 0.360. The van der Waals surface area contributed by atoms with Gasteiger partial charge in [0, 0.05) is 25.1 Å². The minimum atomic E-state index is -0.0834. The number of nitrogens with zero attached hydrogens (tertiary/aromatic N) is 2. The highest BCUT2D eigenvalue weighted by molar-refractivity contribution is 5.92. The first-order valence-corrected chi connectivity index (χ1v) is 10.5. The number of hydrogen-bond acceptors (Lipinski definition) is 2. The maximum atomic E-state index is 11.7. The summed E-state index contributed by atoms with van der Waals surface area (Å²) in [6.07, 6.45) is 2.81. The van der Waals surface area contributed by atoms with Crippen LogP contribution in [0.25, 0.3) is 11.0 Å². The summed E-state index contributed by atoms with van der Waals surface area (Å²) in [4.78, 5) is 16.5. The van der Waals surface area contributed by atoms with Gasteiger partial charge in [-0.15, -0.1) is 0 Å². The Morgan fingerprint density at radius 2 is 1.90 bits per heavy atom. The van der Waals surface area contributed by atoms with Gasteiger partial charge in [0.05, 0.1) is 11.0 Å². The quantitative estimate of drug-likeness (QED) is 0.403. The van der Waals surface area contributed by atoms with Crippen LogP contribution in [0.15, 0.2) is 60.7 Å². The molecule has 0 radical (unpaired) electrons. The molecule has 4 nitrogen and oxygen atoms in total. The van der Waals surface area contributed by atoms with E-state index in [0.717, 1.165) is 42.7 Å². The molecule has 0 aliphatic rings. The summed E-state index contributed by atoms with van der Waals surface area (Å²) in [5.41, 5.74) is 5.37. The van der Waals surface area contributed by atoms with Crippen LogP contribution in [0.5, 0.6) is 0 Å². The zero-order valence-electron chi connectivity index (χ0n) is 17.7. The first kappa shape index (κ1) is 20.8. The highest BCUT2D eigenvalue weighted by atomic mass is 16.1. The van der Waals surface area contributed by atoms with Crippen molar-refractivity contribution in [3.63, 3.8) is 0 Å². The Kier molecular flexibility index (Phi) is 6.86. The lowest BCUT2D eigenvalue weighted by atomic mass is 9.97. The number of nitrogens with one attached hydrogen (secondary N) is 1. The van der Waals surface area contributed by atoms with E-state index in [2.05, 4.69) is 72.8 Å². The summed E-state index contributed by atoms with van der Waals surface area (Å²) in [5.74, 6) is 1.56. The van der Waals surface area contributed by atoms with Crippen LogP contribution in [-0.2, 0) is 17.8 Å². The molecule has 0 bridgehead atoms. The van der Waals surface area contributed by atoms with Gasteiger partial charge >= 0.3 is 0 Å². The minimum Gasteiger partial charge on any atom is -0.352 e. The minimum absolute atomic E-state index is 0.0834. The van der Waals surface area contributed by atoms with Crippen LogP contribution in [0.2, 0.25) is 0 Å². The molecule has 3 aromatic rings. The molecule has 1 amide bonds. The number of rotatable bonds is 9. The third kappa shape index (κ3) is 5.14. The van der Waals surface area contributed by atoms with Gasteiger partial charge in [-0.3, -0.25) is 4.79 Å². The summed E-state index contributed by atoms with van der Waals surface area (Å²) in [6.45, 7) is 11.3. The summed E-state index contributed by atoms with van der Waals surface area (Å²) in [5, 5.41) is 2.90. The topological polar surface area (TPSA) is 46.9 Å². The van der Waals surface area contributed by atoms with Gasteiger partial charge in [0.25, 0.3) is 0 Å². The third-order valence-electron chi connectivity index (χ3n) is 5.49. The van der Waals surface area contributed by atoms with Crippen molar-refractivity contribution in [3.05, 3.63) is 77.6 Å². The van der Waals surface area contributed by atoms with Crippen molar-refractivity contribution in [2.45, 2.75) is 52.5 Å². The Morgan fingerprint density at radius 3 is 2.59 bits per heavy atom. The number of aryl methyl sites for hydroxylation is 1. The molecule has 29 heavy (non-hydrogen) atoms. The van der Waals surface area contributed by atoms with E-state index in [1.54, 1.807) is 6.92 Å². The molecule has 152 valence electrons. The number of carbonyl (C=O) groups excluding carboxylic acids is 1. The zero-order chi connectivity index (χ0) is 20.8. The van der Waals surface area contributed by atoms with Gasteiger partial charge in [-0.25, -0.2) is 4.98 Å². The fourth-order valence-corrected chi connectivity index (χ4v) is 3.46. The highest BCUT2D eigenvalue weighted by Gasteiger charge is 2.12. The molecule has 3 rings (SSSR count). The lowest BCUT2D eigenvalue weighted by Crippen LogP contribution is -2.25. The van der Waals surface area contributed by atoms with Gasteiger partial charge < -0.3 is 9.88 Å². The molecule has 1 N–H and O–H groups in total. The summed E-state index contributed by atoms with van der Waals surface area (Å²) < 4.78 is 2.30. The van der Waals surface area contributed by atoms with Crippen LogP contribution >= 0.6 is 0 Å². The molecule has 1 atom stereocenters. The van der Waals surface area contributed by atoms with Gasteiger partial charge in [0.1, 0.15) is 5.82 Å². The molecule has 1 heterocycles. The summed E-state index contributed by atoms with van der Waals surface area (Å²) in [7, 11) is 0. The number of carbonyl (C=O) groups is 1. The number of fused-ring (bicyclic) bond motifs is 1. The molecule has 0 spiro atoms. The first-order valence-electron chi connectivity index (χ1n) is 10.5. The van der Waals surface area contributed by atoms with Gasteiger partial charge in [0.2, 0.25) is 5.91 Å². The molecule has 0 saturated heterocycles. The SMILES string of the molecule is C=C(C)C(=O)NCCCc1nc2ccccc2n1Cc1ccc(C(C)CC)cc1. The molecule has 1 aromatic heterocycles. The van der Waals surface area contributed by atoms with Crippen molar-refractivity contribution in [2.24, 2.45) is 0 Å². The van der Waals surface area contributed by atoms with Crippen molar-refractivity contribution in [1.82, 2.24) is 14.9 Å². The Labute approximate surface area is 173 Å². The molecular formula is C25H31N3O. The molecule has 0 fully saturated rings. The second-order valence-corrected chi connectivity index (χ2v) is 7.79. The van der Waals surface area contributed by atoms with Crippen LogP contribution in [0, 0.1) is 0 Å². The van der Waals surface area contributed by atoms with E-state index in [1.165, 1.54) is 11.1 Å². The molecule has 0 saturated carbocycles. The molecule has 0 aliphatic heterocycles. The smallest absolute Gasteiger partial charge is 0.246 e. The number of imidazole rings is 1. The maximum Gasteiger partial charge on any atom is 0.246 e. The molecule has 2 aromatic carbocycles. The Morgan fingerprint density at radius 1 is 1.17 bits per heavy atom. The van der Waals surface area contributed by atoms with Gasteiger partial charge in [0.15, 0.2) is 0 Å². The van der Waals surface area contributed by atoms with E-state index < -0.39 is 0 Å². The highest BCUT2D eigenvalue weighted by Crippen LogP contribution is 2.22. The lowest BCUT2D eigenvalue weighted by Gasteiger charge is -2.12. The molecule has 4 heteroatoms. The maximum absolute atomic E-state index is 11.7. The van der Waals surface area contributed by atoms with Gasteiger partial charge in [-0.1, -0.05) is 56.8 Å². The fourth-order valence-electron chi connectivity index (χ4n) is 3.46. The van der Waals surface area contributed by atoms with Crippen molar-refractivity contribution >= 4 is 16.9 Å². The first-order chi connectivity index (χ1) is 14.0. The zero-order valence-corrected chi connectivity index (χ0v) is 17.7. The van der Waals surface area contributed by atoms with E-state index in [1.807, 2.05) is 6.07 Å². The normalized spacial score (nSPS) is 12.1. The predicted octanol–water partition coefficient (Wildman–Crippen LogP) is 5.22. The van der Waals surface area contributed by atoms with Crippen LogP contribution < -0.4 is 5.32 Å². The van der Waals surface area contributed by atoms with Gasteiger partial charge in [-0.2, -0.15) is 0 Å². The standard InChI is InChI=1S/C25H31N3O/c1-5-19(4)21-14-12-20(13-15-21)17-28-23-10-7-6-9-22(23)27-24(28)11-8-16-26-25(29)18(2)3/h6-7,9-10,12-15,19H,2,5,8,11,16-17H2,1,3-4H3,(H,26,29). The van der Waals surface area contributed by atoms with E-state index in [-0.39, 0.29) is 5.91 Å². The van der Waals surface area contributed by atoms with E-state index >= 15 is 0 Å². The average molecular weight is 390 g/mol. The van der Waals surface area contributed by atoms with E-state index in [9.17, 15) is 4.79 Å². The van der Waals surface area contributed by atoms with Gasteiger partial charge in [-0.05, 0) is 48.9 Å². The van der Waals surface area contributed by atoms with Crippen LogP contribution in [-0.4, -0.2) is 22.0 Å². The number of hydrogen-bond donors (Lipinski definition) is 1. The summed E-state index contributed by atoms with van der Waals surface area (Å²) in [6, 6.07) is 17.2. The largest absolute Gasteiger partial charge is 0.352 e. The number of benzene rings is 2.